The van der Waals surface area contributed by atoms with E-state index >= 15 is 0 Å². The van der Waals surface area contributed by atoms with E-state index in [0.717, 1.165) is 0 Å². The van der Waals surface area contributed by atoms with E-state index in [1.165, 1.54) is 12.1 Å². The Hall–Kier alpha value is -1.64. The lowest BCUT2D eigenvalue weighted by atomic mass is 10.1. The summed E-state index contributed by atoms with van der Waals surface area (Å²) in [7, 11) is 0. The summed E-state index contributed by atoms with van der Waals surface area (Å²) in [4.78, 5) is 10.2. The molecular formula is C11H11FO2. The molecule has 0 saturated carbocycles. The molecule has 1 aromatic rings. The molecule has 0 bridgehead atoms. The van der Waals surface area contributed by atoms with Gasteiger partial charge in [-0.25, -0.2) is 4.39 Å². The highest BCUT2D eigenvalue weighted by atomic mass is 19.1. The van der Waals surface area contributed by atoms with Gasteiger partial charge in [0, 0.05) is 0 Å². The zero-order valence-electron chi connectivity index (χ0n) is 7.83. The highest BCUT2D eigenvalue weighted by molar-refractivity contribution is 5.70. The molecule has 74 valence electrons. The minimum atomic E-state index is -0.893. The average Bonchev–Trinajstić information content (AvgIpc) is 2.12. The second-order valence-corrected chi connectivity index (χ2v) is 2.95. The van der Waals surface area contributed by atoms with Gasteiger partial charge in [-0.05, 0) is 24.1 Å². The Balaban J connectivity index is 2.81. The predicted molar refractivity (Wildman–Crippen MR) is 52.4 cm³/mol. The molecule has 2 nitrogen and oxygen atoms in total. The molecule has 0 aromatic heterocycles. The van der Waals surface area contributed by atoms with E-state index in [0.29, 0.717) is 11.1 Å². The van der Waals surface area contributed by atoms with Gasteiger partial charge in [0.2, 0.25) is 0 Å². The van der Waals surface area contributed by atoms with E-state index in [9.17, 15) is 9.18 Å². The van der Waals surface area contributed by atoms with E-state index < -0.39 is 5.97 Å². The summed E-state index contributed by atoms with van der Waals surface area (Å²) in [6.45, 7) is 1.66. The summed E-state index contributed by atoms with van der Waals surface area (Å²) in [5.41, 5.74) is 1.25. The first-order valence-electron chi connectivity index (χ1n) is 4.24. The second kappa shape index (κ2) is 4.56. The molecule has 0 heterocycles. The monoisotopic (exact) mass is 194 g/mol. The number of hydrogen-bond donors (Lipinski definition) is 1. The third kappa shape index (κ3) is 2.69. The van der Waals surface area contributed by atoms with Crippen LogP contribution in [-0.2, 0) is 4.79 Å². The molecule has 0 aliphatic rings. The fourth-order valence-corrected chi connectivity index (χ4v) is 1.09. The lowest BCUT2D eigenvalue weighted by Crippen LogP contribution is -1.90. The highest BCUT2D eigenvalue weighted by Gasteiger charge is 1.99. The van der Waals surface area contributed by atoms with Crippen LogP contribution in [0.4, 0.5) is 4.39 Å². The van der Waals surface area contributed by atoms with Crippen LogP contribution in [-0.4, -0.2) is 11.1 Å². The van der Waals surface area contributed by atoms with Gasteiger partial charge in [-0.1, -0.05) is 24.3 Å². The summed E-state index contributed by atoms with van der Waals surface area (Å²) >= 11 is 0. The van der Waals surface area contributed by atoms with Gasteiger partial charge in [-0.3, -0.25) is 4.79 Å². The predicted octanol–water partition coefficient (Wildman–Crippen LogP) is 2.62. The quantitative estimate of drug-likeness (QED) is 0.803. The molecule has 0 amide bonds. The minimum Gasteiger partial charge on any atom is -0.481 e. The third-order valence-electron chi connectivity index (χ3n) is 1.90. The van der Waals surface area contributed by atoms with Crippen molar-refractivity contribution in [3.8, 4) is 0 Å². The second-order valence-electron chi connectivity index (χ2n) is 2.95. The molecule has 0 atom stereocenters. The van der Waals surface area contributed by atoms with Crippen LogP contribution in [0.15, 0.2) is 24.3 Å². The molecule has 0 spiro atoms. The van der Waals surface area contributed by atoms with Crippen LogP contribution in [0.3, 0.4) is 0 Å². The molecule has 0 aliphatic carbocycles. The van der Waals surface area contributed by atoms with Crippen molar-refractivity contribution >= 4 is 12.0 Å². The number of carboxylic acid groups (broad SMARTS) is 1. The van der Waals surface area contributed by atoms with E-state index in [-0.39, 0.29) is 12.2 Å². The van der Waals surface area contributed by atoms with Crippen molar-refractivity contribution < 1.29 is 14.3 Å². The van der Waals surface area contributed by atoms with Crippen LogP contribution in [0, 0.1) is 12.7 Å². The molecule has 3 heteroatoms. The van der Waals surface area contributed by atoms with Gasteiger partial charge in [0.25, 0.3) is 0 Å². The Kier molecular flexibility index (Phi) is 3.40. The number of aliphatic carboxylic acids is 1. The van der Waals surface area contributed by atoms with E-state index in [2.05, 4.69) is 0 Å². The van der Waals surface area contributed by atoms with Crippen molar-refractivity contribution in [3.05, 3.63) is 41.2 Å². The Morgan fingerprint density at radius 2 is 2.29 bits per heavy atom. The molecule has 0 aliphatic heterocycles. The molecule has 0 radical (unpaired) electrons. The van der Waals surface area contributed by atoms with Gasteiger partial charge in [0.15, 0.2) is 0 Å². The lowest BCUT2D eigenvalue weighted by molar-refractivity contribution is -0.135. The number of benzene rings is 1. The zero-order valence-corrected chi connectivity index (χ0v) is 7.83. The van der Waals surface area contributed by atoms with Crippen molar-refractivity contribution in [2.24, 2.45) is 0 Å². The van der Waals surface area contributed by atoms with Gasteiger partial charge in [0.05, 0.1) is 6.42 Å². The SMILES string of the molecule is Cc1c(F)cccc1C=CCC(=O)O. The van der Waals surface area contributed by atoms with Crippen LogP contribution in [0.25, 0.3) is 6.08 Å². The van der Waals surface area contributed by atoms with Gasteiger partial charge in [0.1, 0.15) is 5.82 Å². The summed E-state index contributed by atoms with van der Waals surface area (Å²) < 4.78 is 13.0. The molecule has 0 saturated heterocycles. The fourth-order valence-electron chi connectivity index (χ4n) is 1.09. The normalized spacial score (nSPS) is 10.7. The van der Waals surface area contributed by atoms with E-state index in [4.69, 9.17) is 5.11 Å². The summed E-state index contributed by atoms with van der Waals surface area (Å²) in [5.74, 6) is -1.17. The first-order valence-corrected chi connectivity index (χ1v) is 4.24. The minimum absolute atomic E-state index is 0.0457. The topological polar surface area (TPSA) is 37.3 Å². The average molecular weight is 194 g/mol. The van der Waals surface area contributed by atoms with E-state index in [1.807, 2.05) is 0 Å². The maximum absolute atomic E-state index is 13.0. The van der Waals surface area contributed by atoms with Crippen molar-refractivity contribution in [3.63, 3.8) is 0 Å². The van der Waals surface area contributed by atoms with Crippen LogP contribution >= 0.6 is 0 Å². The number of rotatable bonds is 3. The van der Waals surface area contributed by atoms with Gasteiger partial charge in [-0.2, -0.15) is 0 Å². The molecule has 0 fully saturated rings. The molecule has 1 N–H and O–H groups in total. The Morgan fingerprint density at radius 1 is 1.57 bits per heavy atom. The Labute approximate surface area is 81.7 Å². The number of carboxylic acids is 1. The lowest BCUT2D eigenvalue weighted by Gasteiger charge is -2.00. The van der Waals surface area contributed by atoms with Crippen molar-refractivity contribution in [2.75, 3.05) is 0 Å². The summed E-state index contributed by atoms with van der Waals surface area (Å²) in [6, 6.07) is 4.73. The van der Waals surface area contributed by atoms with Crippen LogP contribution in [0.1, 0.15) is 17.5 Å². The number of hydrogen-bond acceptors (Lipinski definition) is 1. The van der Waals surface area contributed by atoms with Crippen LogP contribution in [0.5, 0.6) is 0 Å². The molecular weight excluding hydrogens is 183 g/mol. The zero-order chi connectivity index (χ0) is 10.6. The maximum Gasteiger partial charge on any atom is 0.307 e. The molecule has 1 aromatic carbocycles. The molecule has 1 rings (SSSR count). The number of halogens is 1. The smallest absolute Gasteiger partial charge is 0.307 e. The van der Waals surface area contributed by atoms with Crippen molar-refractivity contribution in [2.45, 2.75) is 13.3 Å². The van der Waals surface area contributed by atoms with E-state index in [1.54, 1.807) is 25.1 Å². The first-order chi connectivity index (χ1) is 6.61. The Morgan fingerprint density at radius 3 is 2.93 bits per heavy atom. The van der Waals surface area contributed by atoms with Gasteiger partial charge >= 0.3 is 5.97 Å². The first kappa shape index (κ1) is 10.4. The Bertz CT molecular complexity index is 370. The number of carbonyl (C=O) groups is 1. The highest BCUT2D eigenvalue weighted by Crippen LogP contribution is 2.13. The van der Waals surface area contributed by atoms with Crippen molar-refractivity contribution in [1.29, 1.82) is 0 Å². The standard InChI is InChI=1S/C11H11FO2/c1-8-9(4-2-6-10(8)12)5-3-7-11(13)14/h2-6H,7H2,1H3,(H,13,14). The van der Waals surface area contributed by atoms with Gasteiger partial charge in [-0.15, -0.1) is 0 Å². The maximum atomic E-state index is 13.0. The molecule has 14 heavy (non-hydrogen) atoms. The van der Waals surface area contributed by atoms with Crippen molar-refractivity contribution in [1.82, 2.24) is 0 Å². The van der Waals surface area contributed by atoms with Crippen LogP contribution < -0.4 is 0 Å². The fraction of sp³-hybridized carbons (Fsp3) is 0.182. The summed E-state index contributed by atoms with van der Waals surface area (Å²) in [6.07, 6.45) is 3.08. The largest absolute Gasteiger partial charge is 0.481 e. The van der Waals surface area contributed by atoms with Gasteiger partial charge < -0.3 is 5.11 Å². The molecule has 0 unspecified atom stereocenters. The van der Waals surface area contributed by atoms with Crippen LogP contribution in [0.2, 0.25) is 0 Å². The summed E-state index contributed by atoms with van der Waals surface area (Å²) in [5, 5.41) is 8.39. The third-order valence-corrected chi connectivity index (χ3v) is 1.90.